The molecular formula is C25H21FO2S. The lowest BCUT2D eigenvalue weighted by Crippen LogP contribution is -2.03. The number of rotatable bonds is 5. The Labute approximate surface area is 173 Å². The molecule has 29 heavy (non-hydrogen) atoms. The van der Waals surface area contributed by atoms with E-state index >= 15 is 0 Å². The van der Waals surface area contributed by atoms with Crippen LogP contribution in [0.3, 0.4) is 0 Å². The number of hydrogen-bond acceptors (Lipinski definition) is 3. The summed E-state index contributed by atoms with van der Waals surface area (Å²) in [7, 11) is 0. The SMILES string of the molecule is Cc1cc(F)ccc1C(=O)c1sc2ccccc2c1Oc1ccc(C(C)C)cc1. The molecule has 4 heteroatoms. The van der Waals surface area contributed by atoms with Crippen LogP contribution in [0.4, 0.5) is 4.39 Å². The molecule has 0 spiro atoms. The molecule has 0 aliphatic rings. The first-order chi connectivity index (χ1) is 13.9. The number of halogens is 1. The van der Waals surface area contributed by atoms with Crippen molar-refractivity contribution in [2.45, 2.75) is 26.7 Å². The Balaban J connectivity index is 1.79. The van der Waals surface area contributed by atoms with Crippen LogP contribution in [0.5, 0.6) is 11.5 Å². The topological polar surface area (TPSA) is 26.3 Å². The van der Waals surface area contributed by atoms with E-state index in [1.807, 2.05) is 48.5 Å². The van der Waals surface area contributed by atoms with Crippen molar-refractivity contribution in [3.8, 4) is 11.5 Å². The molecule has 0 aliphatic heterocycles. The second-order valence-corrected chi connectivity index (χ2v) is 8.42. The van der Waals surface area contributed by atoms with E-state index in [0.29, 0.717) is 33.4 Å². The Hall–Kier alpha value is -2.98. The average Bonchev–Trinajstić information content (AvgIpc) is 3.06. The fourth-order valence-electron chi connectivity index (χ4n) is 3.32. The highest BCUT2D eigenvalue weighted by Gasteiger charge is 2.23. The number of aryl methyl sites for hydroxylation is 1. The summed E-state index contributed by atoms with van der Waals surface area (Å²) < 4.78 is 20.7. The summed E-state index contributed by atoms with van der Waals surface area (Å²) in [5.41, 5.74) is 2.32. The molecule has 0 amide bonds. The smallest absolute Gasteiger partial charge is 0.207 e. The third kappa shape index (κ3) is 3.81. The highest BCUT2D eigenvalue weighted by atomic mass is 32.1. The molecule has 0 atom stereocenters. The van der Waals surface area contributed by atoms with Crippen molar-refractivity contribution >= 4 is 27.2 Å². The minimum Gasteiger partial charge on any atom is -0.455 e. The number of ketones is 1. The van der Waals surface area contributed by atoms with Crippen molar-refractivity contribution in [2.75, 3.05) is 0 Å². The predicted octanol–water partition coefficient (Wildman–Crippen LogP) is 7.50. The standard InChI is InChI=1S/C25H21FO2S/c1-15(2)17-8-11-19(12-9-17)28-24-21-6-4-5-7-22(21)29-25(24)23(27)20-13-10-18(26)14-16(20)3/h4-15H,1-3H3. The van der Waals surface area contributed by atoms with Crippen LogP contribution in [0, 0.1) is 12.7 Å². The molecule has 0 aliphatic carbocycles. The van der Waals surface area contributed by atoms with E-state index in [4.69, 9.17) is 4.74 Å². The summed E-state index contributed by atoms with van der Waals surface area (Å²) in [5, 5.41) is 0.897. The molecule has 3 aromatic carbocycles. The lowest BCUT2D eigenvalue weighted by atomic mass is 10.0. The minimum absolute atomic E-state index is 0.155. The van der Waals surface area contributed by atoms with Gasteiger partial charge < -0.3 is 4.74 Å². The molecule has 4 aromatic rings. The summed E-state index contributed by atoms with van der Waals surface area (Å²) in [6, 6.07) is 20.0. The van der Waals surface area contributed by atoms with Crippen LogP contribution in [0.1, 0.15) is 46.1 Å². The molecule has 4 rings (SSSR count). The van der Waals surface area contributed by atoms with Gasteiger partial charge in [0.25, 0.3) is 0 Å². The average molecular weight is 405 g/mol. The predicted molar refractivity (Wildman–Crippen MR) is 117 cm³/mol. The maximum absolute atomic E-state index is 13.5. The van der Waals surface area contributed by atoms with Crippen LogP contribution in [-0.4, -0.2) is 5.78 Å². The Bertz CT molecular complexity index is 1190. The summed E-state index contributed by atoms with van der Waals surface area (Å²) in [6.07, 6.45) is 0. The van der Waals surface area contributed by atoms with E-state index in [1.165, 1.54) is 29.0 Å². The quantitative estimate of drug-likeness (QED) is 0.322. The summed E-state index contributed by atoms with van der Waals surface area (Å²) in [5.74, 6) is 1.17. The Morgan fingerprint density at radius 1 is 1.00 bits per heavy atom. The molecule has 0 fully saturated rings. The van der Waals surface area contributed by atoms with Gasteiger partial charge in [-0.15, -0.1) is 11.3 Å². The van der Waals surface area contributed by atoms with E-state index in [0.717, 1.165) is 10.1 Å². The van der Waals surface area contributed by atoms with Crippen molar-refractivity contribution in [1.29, 1.82) is 0 Å². The fourth-order valence-corrected chi connectivity index (χ4v) is 4.40. The van der Waals surface area contributed by atoms with Crippen LogP contribution in [-0.2, 0) is 0 Å². The molecule has 0 saturated carbocycles. The number of carbonyl (C=O) groups is 1. The van der Waals surface area contributed by atoms with Gasteiger partial charge in [-0.3, -0.25) is 4.79 Å². The highest BCUT2D eigenvalue weighted by molar-refractivity contribution is 7.21. The Morgan fingerprint density at radius 2 is 1.72 bits per heavy atom. The molecule has 0 saturated heterocycles. The first kappa shape index (κ1) is 19.3. The fraction of sp³-hybridized carbons (Fsp3) is 0.160. The van der Waals surface area contributed by atoms with E-state index in [-0.39, 0.29) is 11.6 Å². The lowest BCUT2D eigenvalue weighted by Gasteiger charge is -2.10. The maximum atomic E-state index is 13.5. The van der Waals surface area contributed by atoms with Gasteiger partial charge in [0.1, 0.15) is 16.4 Å². The van der Waals surface area contributed by atoms with Crippen LogP contribution in [0.2, 0.25) is 0 Å². The molecule has 1 aromatic heterocycles. The summed E-state index contributed by atoms with van der Waals surface area (Å²) >= 11 is 1.40. The van der Waals surface area contributed by atoms with Gasteiger partial charge >= 0.3 is 0 Å². The number of thiophene rings is 1. The maximum Gasteiger partial charge on any atom is 0.207 e. The van der Waals surface area contributed by atoms with Gasteiger partial charge in [0.15, 0.2) is 5.75 Å². The molecule has 146 valence electrons. The molecule has 0 radical (unpaired) electrons. The van der Waals surface area contributed by atoms with Crippen LogP contribution < -0.4 is 4.74 Å². The second-order valence-electron chi connectivity index (χ2n) is 7.37. The van der Waals surface area contributed by atoms with E-state index in [1.54, 1.807) is 13.0 Å². The van der Waals surface area contributed by atoms with Crippen LogP contribution >= 0.6 is 11.3 Å². The molecule has 0 N–H and O–H groups in total. The number of ether oxygens (including phenoxy) is 1. The first-order valence-corrected chi connectivity index (χ1v) is 10.4. The number of carbonyl (C=O) groups excluding carboxylic acids is 1. The van der Waals surface area contributed by atoms with Gasteiger partial charge in [-0.25, -0.2) is 4.39 Å². The van der Waals surface area contributed by atoms with Crippen molar-refractivity contribution in [3.05, 3.63) is 94.1 Å². The summed E-state index contributed by atoms with van der Waals surface area (Å²) in [4.78, 5) is 13.8. The van der Waals surface area contributed by atoms with Gasteiger partial charge in [-0.05, 0) is 66.4 Å². The molecular weight excluding hydrogens is 383 g/mol. The van der Waals surface area contributed by atoms with Crippen molar-refractivity contribution in [3.63, 3.8) is 0 Å². The van der Waals surface area contributed by atoms with Crippen LogP contribution in [0.15, 0.2) is 66.7 Å². The Morgan fingerprint density at radius 3 is 2.41 bits per heavy atom. The number of fused-ring (bicyclic) bond motifs is 1. The van der Waals surface area contributed by atoms with E-state index < -0.39 is 0 Å². The number of benzene rings is 3. The molecule has 1 heterocycles. The second kappa shape index (κ2) is 7.80. The van der Waals surface area contributed by atoms with Gasteiger partial charge in [0.2, 0.25) is 5.78 Å². The van der Waals surface area contributed by atoms with Crippen molar-refractivity contribution in [2.24, 2.45) is 0 Å². The minimum atomic E-state index is -0.350. The normalized spacial score (nSPS) is 11.2. The first-order valence-electron chi connectivity index (χ1n) is 9.54. The van der Waals surface area contributed by atoms with E-state index in [2.05, 4.69) is 13.8 Å². The Kier molecular flexibility index (Phi) is 5.20. The van der Waals surface area contributed by atoms with E-state index in [9.17, 15) is 9.18 Å². The zero-order valence-corrected chi connectivity index (χ0v) is 17.3. The van der Waals surface area contributed by atoms with Crippen molar-refractivity contribution in [1.82, 2.24) is 0 Å². The molecule has 0 bridgehead atoms. The zero-order chi connectivity index (χ0) is 20.5. The zero-order valence-electron chi connectivity index (χ0n) is 16.5. The van der Waals surface area contributed by atoms with Crippen LogP contribution in [0.25, 0.3) is 10.1 Å². The lowest BCUT2D eigenvalue weighted by molar-refractivity contribution is 0.104. The van der Waals surface area contributed by atoms with Gasteiger partial charge in [0.05, 0.1) is 0 Å². The highest BCUT2D eigenvalue weighted by Crippen LogP contribution is 2.41. The van der Waals surface area contributed by atoms with Crippen molar-refractivity contribution < 1.29 is 13.9 Å². The largest absolute Gasteiger partial charge is 0.455 e. The van der Waals surface area contributed by atoms with Gasteiger partial charge in [-0.2, -0.15) is 0 Å². The third-order valence-corrected chi connectivity index (χ3v) is 6.11. The molecule has 2 nitrogen and oxygen atoms in total. The molecule has 0 unspecified atom stereocenters. The van der Waals surface area contributed by atoms with Gasteiger partial charge in [0, 0.05) is 15.6 Å². The monoisotopic (exact) mass is 404 g/mol. The third-order valence-electron chi connectivity index (χ3n) is 4.96. The summed E-state index contributed by atoms with van der Waals surface area (Å²) in [6.45, 7) is 6.03. The van der Waals surface area contributed by atoms with Gasteiger partial charge in [-0.1, -0.05) is 38.1 Å². The number of hydrogen-bond donors (Lipinski definition) is 0.